The first-order valence-electron chi connectivity index (χ1n) is 4.25. The molecule has 0 unspecified atom stereocenters. The summed E-state index contributed by atoms with van der Waals surface area (Å²) in [5.41, 5.74) is 4.14. The van der Waals surface area contributed by atoms with E-state index in [2.05, 4.69) is 9.97 Å². The Hall–Kier alpha value is -1.37. The Kier molecular flexibility index (Phi) is 3.46. The van der Waals surface area contributed by atoms with Crippen molar-refractivity contribution >= 4 is 0 Å². The lowest BCUT2D eigenvalue weighted by atomic mass is 10.4. The van der Waals surface area contributed by atoms with Crippen molar-refractivity contribution in [2.24, 2.45) is 5.73 Å². The molecule has 0 atom stereocenters. The molecular weight excluding hydrogens is 211 g/mol. The first-order valence-corrected chi connectivity index (χ1v) is 4.25. The summed E-state index contributed by atoms with van der Waals surface area (Å²) in [4.78, 5) is 6.96. The Morgan fingerprint density at radius 2 is 2.07 bits per heavy atom. The third-order valence-corrected chi connectivity index (χ3v) is 1.51. The van der Waals surface area contributed by atoms with E-state index in [4.69, 9.17) is 10.5 Å². The average molecular weight is 221 g/mol. The molecule has 84 valence electrons. The fourth-order valence-electron chi connectivity index (χ4n) is 0.931. The van der Waals surface area contributed by atoms with Gasteiger partial charge >= 0.3 is 6.18 Å². The van der Waals surface area contributed by atoms with Crippen LogP contribution in [0.4, 0.5) is 13.2 Å². The van der Waals surface area contributed by atoms with E-state index in [9.17, 15) is 13.2 Å². The summed E-state index contributed by atoms with van der Waals surface area (Å²) in [6.07, 6.45) is -4.52. The van der Waals surface area contributed by atoms with Crippen molar-refractivity contribution in [2.45, 2.75) is 19.6 Å². The van der Waals surface area contributed by atoms with Crippen molar-refractivity contribution in [3.63, 3.8) is 0 Å². The van der Waals surface area contributed by atoms with Gasteiger partial charge in [0.1, 0.15) is 5.82 Å². The van der Waals surface area contributed by atoms with Gasteiger partial charge in [0.25, 0.3) is 0 Å². The third kappa shape index (κ3) is 3.05. The standard InChI is InChI=1S/C8H10F3N3O/c1-2-15-7-3-5(8(9,10)11)13-6(4-12)14-7/h3H,2,4,12H2,1H3. The highest BCUT2D eigenvalue weighted by atomic mass is 19.4. The van der Waals surface area contributed by atoms with E-state index in [0.29, 0.717) is 0 Å². The minimum Gasteiger partial charge on any atom is -0.478 e. The Morgan fingerprint density at radius 1 is 1.40 bits per heavy atom. The first kappa shape index (κ1) is 11.7. The molecule has 4 nitrogen and oxygen atoms in total. The Balaban J connectivity index is 3.11. The molecule has 0 amide bonds. The summed E-state index contributed by atoms with van der Waals surface area (Å²) in [6, 6.07) is 0.753. The molecule has 0 saturated heterocycles. The lowest BCUT2D eigenvalue weighted by Gasteiger charge is -2.09. The van der Waals surface area contributed by atoms with Crippen LogP contribution in [0.25, 0.3) is 0 Å². The summed E-state index contributed by atoms with van der Waals surface area (Å²) >= 11 is 0. The summed E-state index contributed by atoms with van der Waals surface area (Å²) < 4.78 is 41.9. The number of aromatic nitrogens is 2. The number of alkyl halides is 3. The zero-order valence-electron chi connectivity index (χ0n) is 8.01. The van der Waals surface area contributed by atoms with Gasteiger partial charge in [-0.25, -0.2) is 4.98 Å². The Morgan fingerprint density at radius 3 is 2.53 bits per heavy atom. The number of rotatable bonds is 3. The molecule has 0 bridgehead atoms. The smallest absolute Gasteiger partial charge is 0.433 e. The molecule has 1 aromatic rings. The largest absolute Gasteiger partial charge is 0.478 e. The number of nitrogens with zero attached hydrogens (tertiary/aromatic N) is 2. The summed E-state index contributed by atoms with van der Waals surface area (Å²) in [5, 5.41) is 0. The van der Waals surface area contributed by atoms with Gasteiger partial charge in [0.2, 0.25) is 5.88 Å². The Labute approximate surface area is 84.3 Å². The lowest BCUT2D eigenvalue weighted by Crippen LogP contribution is -2.14. The maximum Gasteiger partial charge on any atom is 0.433 e. The minimum atomic E-state index is -4.52. The molecule has 0 aromatic carbocycles. The van der Waals surface area contributed by atoms with Crippen molar-refractivity contribution in [2.75, 3.05) is 6.61 Å². The van der Waals surface area contributed by atoms with Gasteiger partial charge in [-0.15, -0.1) is 0 Å². The van der Waals surface area contributed by atoms with E-state index in [-0.39, 0.29) is 24.9 Å². The molecule has 1 aromatic heterocycles. The summed E-state index contributed by atoms with van der Waals surface area (Å²) in [5.74, 6) is -0.200. The second kappa shape index (κ2) is 4.43. The number of nitrogens with two attached hydrogens (primary N) is 1. The van der Waals surface area contributed by atoms with Crippen LogP contribution in [0.15, 0.2) is 6.07 Å². The van der Waals surface area contributed by atoms with Crippen LogP contribution < -0.4 is 10.5 Å². The molecular formula is C8H10F3N3O. The van der Waals surface area contributed by atoms with Gasteiger partial charge in [-0.05, 0) is 6.92 Å². The predicted molar refractivity (Wildman–Crippen MR) is 46.1 cm³/mol. The van der Waals surface area contributed by atoms with Crippen LogP contribution in [0.1, 0.15) is 18.4 Å². The highest BCUT2D eigenvalue weighted by Gasteiger charge is 2.33. The molecule has 7 heteroatoms. The van der Waals surface area contributed by atoms with Gasteiger partial charge in [0.15, 0.2) is 5.69 Å². The monoisotopic (exact) mass is 221 g/mol. The average Bonchev–Trinajstić information content (AvgIpc) is 2.16. The van der Waals surface area contributed by atoms with E-state index >= 15 is 0 Å². The fourth-order valence-corrected chi connectivity index (χ4v) is 0.931. The molecule has 0 aliphatic heterocycles. The van der Waals surface area contributed by atoms with Gasteiger partial charge in [-0.3, -0.25) is 0 Å². The predicted octanol–water partition coefficient (Wildman–Crippen LogP) is 1.35. The molecule has 0 radical (unpaired) electrons. The molecule has 0 saturated carbocycles. The van der Waals surface area contributed by atoms with E-state index < -0.39 is 11.9 Å². The maximum absolute atomic E-state index is 12.3. The van der Waals surface area contributed by atoms with E-state index in [0.717, 1.165) is 6.07 Å². The van der Waals surface area contributed by atoms with Crippen molar-refractivity contribution in [1.29, 1.82) is 0 Å². The molecule has 0 spiro atoms. The molecule has 0 aliphatic rings. The second-order valence-corrected chi connectivity index (χ2v) is 2.64. The number of ether oxygens (including phenoxy) is 1. The lowest BCUT2D eigenvalue weighted by molar-refractivity contribution is -0.141. The zero-order valence-corrected chi connectivity index (χ0v) is 8.01. The summed E-state index contributed by atoms with van der Waals surface area (Å²) in [6.45, 7) is 1.72. The highest BCUT2D eigenvalue weighted by Crippen LogP contribution is 2.29. The van der Waals surface area contributed by atoms with Gasteiger partial charge < -0.3 is 10.5 Å². The van der Waals surface area contributed by atoms with Crippen molar-refractivity contribution in [3.8, 4) is 5.88 Å². The van der Waals surface area contributed by atoms with Gasteiger partial charge in [-0.2, -0.15) is 18.2 Å². The van der Waals surface area contributed by atoms with Gasteiger partial charge in [-0.1, -0.05) is 0 Å². The van der Waals surface area contributed by atoms with Crippen LogP contribution in [0.3, 0.4) is 0 Å². The number of halogens is 3. The normalized spacial score (nSPS) is 11.5. The molecule has 2 N–H and O–H groups in total. The number of hydrogen-bond donors (Lipinski definition) is 1. The summed E-state index contributed by atoms with van der Waals surface area (Å²) in [7, 11) is 0. The third-order valence-electron chi connectivity index (χ3n) is 1.51. The minimum absolute atomic E-state index is 0.0896. The first-order chi connectivity index (χ1) is 6.97. The van der Waals surface area contributed by atoms with Crippen LogP contribution in [-0.4, -0.2) is 16.6 Å². The van der Waals surface area contributed by atoms with E-state index in [1.54, 1.807) is 6.92 Å². The van der Waals surface area contributed by atoms with Crippen LogP contribution in [0.2, 0.25) is 0 Å². The van der Waals surface area contributed by atoms with Crippen molar-refractivity contribution in [3.05, 3.63) is 17.6 Å². The molecule has 1 heterocycles. The number of hydrogen-bond acceptors (Lipinski definition) is 4. The van der Waals surface area contributed by atoms with E-state index in [1.165, 1.54) is 0 Å². The zero-order chi connectivity index (χ0) is 11.5. The van der Waals surface area contributed by atoms with Crippen molar-refractivity contribution in [1.82, 2.24) is 9.97 Å². The molecule has 1 rings (SSSR count). The highest BCUT2D eigenvalue weighted by molar-refractivity contribution is 5.18. The van der Waals surface area contributed by atoms with Gasteiger partial charge in [0.05, 0.1) is 13.2 Å². The fraction of sp³-hybridized carbons (Fsp3) is 0.500. The molecule has 15 heavy (non-hydrogen) atoms. The topological polar surface area (TPSA) is 61.0 Å². The van der Waals surface area contributed by atoms with Crippen LogP contribution in [0.5, 0.6) is 5.88 Å². The molecule has 0 fully saturated rings. The quantitative estimate of drug-likeness (QED) is 0.836. The van der Waals surface area contributed by atoms with Crippen LogP contribution in [0, 0.1) is 0 Å². The van der Waals surface area contributed by atoms with Crippen molar-refractivity contribution < 1.29 is 17.9 Å². The van der Waals surface area contributed by atoms with Gasteiger partial charge in [0, 0.05) is 6.07 Å². The van der Waals surface area contributed by atoms with E-state index in [1.807, 2.05) is 0 Å². The SMILES string of the molecule is CCOc1cc(C(F)(F)F)nc(CN)n1. The maximum atomic E-state index is 12.3. The van der Waals surface area contributed by atoms with Crippen LogP contribution in [-0.2, 0) is 12.7 Å². The second-order valence-electron chi connectivity index (χ2n) is 2.64. The van der Waals surface area contributed by atoms with Crippen LogP contribution >= 0.6 is 0 Å². The Bertz CT molecular complexity index is 340. The molecule has 0 aliphatic carbocycles.